The summed E-state index contributed by atoms with van der Waals surface area (Å²) in [4.78, 5) is 0. The predicted octanol–water partition coefficient (Wildman–Crippen LogP) is 3.01. The third kappa shape index (κ3) is 1.38. The highest BCUT2D eigenvalue weighted by molar-refractivity contribution is 5.12. The van der Waals surface area contributed by atoms with Gasteiger partial charge in [0.1, 0.15) is 5.60 Å². The zero-order valence-corrected chi connectivity index (χ0v) is 10.5. The average molecular weight is 212 g/mol. The van der Waals surface area contributed by atoms with Crippen LogP contribution in [-0.4, -0.2) is 24.4 Å². The first kappa shape index (κ1) is 11.4. The molecule has 0 aromatic rings. The lowest BCUT2D eigenvalue weighted by Gasteiger charge is -2.39. The summed E-state index contributed by atoms with van der Waals surface area (Å²) >= 11 is 0. The highest BCUT2D eigenvalue weighted by atomic mass is 16.6. The van der Waals surface area contributed by atoms with E-state index in [9.17, 15) is 0 Å². The van der Waals surface area contributed by atoms with Crippen LogP contribution in [0.2, 0.25) is 0 Å². The SMILES string of the molecule is CCCCC12OCC(C)C1(C)OCC2C. The molecule has 0 saturated carbocycles. The summed E-state index contributed by atoms with van der Waals surface area (Å²) in [6.45, 7) is 10.8. The molecule has 0 aromatic carbocycles. The van der Waals surface area contributed by atoms with Crippen LogP contribution in [-0.2, 0) is 9.47 Å². The molecule has 0 radical (unpaired) electrons. The number of rotatable bonds is 3. The Labute approximate surface area is 93.3 Å². The van der Waals surface area contributed by atoms with E-state index in [-0.39, 0.29) is 11.2 Å². The third-order valence-electron chi connectivity index (χ3n) is 4.70. The molecule has 0 bridgehead atoms. The molecular formula is C13H24O2. The molecule has 0 N–H and O–H groups in total. The molecule has 0 amide bonds. The molecule has 15 heavy (non-hydrogen) atoms. The predicted molar refractivity (Wildman–Crippen MR) is 60.9 cm³/mol. The summed E-state index contributed by atoms with van der Waals surface area (Å²) in [6, 6.07) is 0. The molecule has 0 aromatic heterocycles. The van der Waals surface area contributed by atoms with Crippen LogP contribution in [0, 0.1) is 11.8 Å². The van der Waals surface area contributed by atoms with Gasteiger partial charge >= 0.3 is 0 Å². The van der Waals surface area contributed by atoms with Crippen molar-refractivity contribution in [2.24, 2.45) is 11.8 Å². The minimum atomic E-state index is -0.0401. The van der Waals surface area contributed by atoms with Gasteiger partial charge in [0.2, 0.25) is 0 Å². The Hall–Kier alpha value is -0.0800. The van der Waals surface area contributed by atoms with Gasteiger partial charge in [-0.3, -0.25) is 0 Å². The fourth-order valence-electron chi connectivity index (χ4n) is 3.33. The first-order valence-electron chi connectivity index (χ1n) is 6.34. The number of fused-ring (bicyclic) bond motifs is 1. The van der Waals surface area contributed by atoms with Crippen LogP contribution in [0.5, 0.6) is 0 Å². The minimum absolute atomic E-state index is 0.00241. The second-order valence-electron chi connectivity index (χ2n) is 5.52. The van der Waals surface area contributed by atoms with Crippen LogP contribution >= 0.6 is 0 Å². The lowest BCUT2D eigenvalue weighted by atomic mass is 9.72. The van der Waals surface area contributed by atoms with Gasteiger partial charge in [0.15, 0.2) is 0 Å². The van der Waals surface area contributed by atoms with E-state index in [1.807, 2.05) is 0 Å². The maximum atomic E-state index is 6.17. The zero-order valence-electron chi connectivity index (χ0n) is 10.5. The summed E-state index contributed by atoms with van der Waals surface area (Å²) in [7, 11) is 0. The molecule has 0 aliphatic carbocycles. The van der Waals surface area contributed by atoms with E-state index in [4.69, 9.17) is 9.47 Å². The molecular weight excluding hydrogens is 188 g/mol. The maximum Gasteiger partial charge on any atom is 0.102 e. The van der Waals surface area contributed by atoms with Crippen molar-refractivity contribution in [3.63, 3.8) is 0 Å². The summed E-state index contributed by atoms with van der Waals surface area (Å²) in [5, 5.41) is 0. The quantitative estimate of drug-likeness (QED) is 0.716. The van der Waals surface area contributed by atoms with Crippen LogP contribution in [0.4, 0.5) is 0 Å². The Morgan fingerprint density at radius 3 is 2.47 bits per heavy atom. The Balaban J connectivity index is 2.24. The lowest BCUT2D eigenvalue weighted by Crippen LogP contribution is -2.50. The molecule has 2 heterocycles. The lowest BCUT2D eigenvalue weighted by molar-refractivity contribution is -0.0984. The summed E-state index contributed by atoms with van der Waals surface area (Å²) < 4.78 is 12.2. The highest BCUT2D eigenvalue weighted by Gasteiger charge is 2.64. The van der Waals surface area contributed by atoms with E-state index in [0.717, 1.165) is 19.6 Å². The molecule has 4 atom stereocenters. The van der Waals surface area contributed by atoms with Crippen molar-refractivity contribution in [1.29, 1.82) is 0 Å². The van der Waals surface area contributed by atoms with E-state index >= 15 is 0 Å². The topological polar surface area (TPSA) is 18.5 Å². The van der Waals surface area contributed by atoms with Gasteiger partial charge in [-0.15, -0.1) is 0 Å². The molecule has 2 aliphatic heterocycles. The van der Waals surface area contributed by atoms with Gasteiger partial charge in [0, 0.05) is 11.8 Å². The summed E-state index contributed by atoms with van der Waals surface area (Å²) in [5.41, 5.74) is -0.0377. The first-order chi connectivity index (χ1) is 7.07. The molecule has 4 unspecified atom stereocenters. The van der Waals surface area contributed by atoms with E-state index in [1.54, 1.807) is 0 Å². The summed E-state index contributed by atoms with van der Waals surface area (Å²) in [6.07, 6.45) is 3.64. The van der Waals surface area contributed by atoms with Crippen molar-refractivity contribution in [3.05, 3.63) is 0 Å². The minimum Gasteiger partial charge on any atom is -0.372 e. The van der Waals surface area contributed by atoms with Gasteiger partial charge in [-0.2, -0.15) is 0 Å². The Kier molecular flexibility index (Phi) is 2.85. The second kappa shape index (κ2) is 3.74. The van der Waals surface area contributed by atoms with Crippen molar-refractivity contribution < 1.29 is 9.47 Å². The van der Waals surface area contributed by atoms with Gasteiger partial charge in [-0.25, -0.2) is 0 Å². The smallest absolute Gasteiger partial charge is 0.102 e. The Morgan fingerprint density at radius 2 is 1.80 bits per heavy atom. The molecule has 2 saturated heterocycles. The fourth-order valence-corrected chi connectivity index (χ4v) is 3.33. The Morgan fingerprint density at radius 1 is 1.13 bits per heavy atom. The number of hydrogen-bond acceptors (Lipinski definition) is 2. The number of hydrogen-bond donors (Lipinski definition) is 0. The maximum absolute atomic E-state index is 6.17. The van der Waals surface area contributed by atoms with Gasteiger partial charge in [0.05, 0.1) is 18.8 Å². The Bertz CT molecular complexity index is 241. The van der Waals surface area contributed by atoms with Crippen molar-refractivity contribution in [2.45, 2.75) is 58.2 Å². The van der Waals surface area contributed by atoms with E-state index in [2.05, 4.69) is 27.7 Å². The van der Waals surface area contributed by atoms with Crippen molar-refractivity contribution >= 4 is 0 Å². The van der Waals surface area contributed by atoms with Gasteiger partial charge in [0.25, 0.3) is 0 Å². The van der Waals surface area contributed by atoms with Gasteiger partial charge < -0.3 is 9.47 Å². The normalized spacial score (nSPS) is 49.6. The van der Waals surface area contributed by atoms with E-state index in [0.29, 0.717) is 11.8 Å². The molecule has 2 heteroatoms. The monoisotopic (exact) mass is 212 g/mol. The van der Waals surface area contributed by atoms with Gasteiger partial charge in [-0.1, -0.05) is 33.6 Å². The van der Waals surface area contributed by atoms with E-state index in [1.165, 1.54) is 12.8 Å². The average Bonchev–Trinajstić information content (AvgIpc) is 2.62. The zero-order chi connectivity index (χ0) is 11.1. The van der Waals surface area contributed by atoms with Crippen LogP contribution in [0.1, 0.15) is 47.0 Å². The van der Waals surface area contributed by atoms with Crippen molar-refractivity contribution in [2.75, 3.05) is 13.2 Å². The largest absolute Gasteiger partial charge is 0.372 e. The molecule has 2 aliphatic rings. The fraction of sp³-hybridized carbons (Fsp3) is 1.00. The second-order valence-corrected chi connectivity index (χ2v) is 5.52. The van der Waals surface area contributed by atoms with Crippen LogP contribution in [0.25, 0.3) is 0 Å². The molecule has 2 rings (SSSR count). The van der Waals surface area contributed by atoms with E-state index < -0.39 is 0 Å². The molecule has 0 spiro atoms. The van der Waals surface area contributed by atoms with Crippen LogP contribution < -0.4 is 0 Å². The first-order valence-corrected chi connectivity index (χ1v) is 6.34. The third-order valence-corrected chi connectivity index (χ3v) is 4.70. The molecule has 2 fully saturated rings. The van der Waals surface area contributed by atoms with Crippen LogP contribution in [0.15, 0.2) is 0 Å². The van der Waals surface area contributed by atoms with Gasteiger partial charge in [-0.05, 0) is 13.3 Å². The van der Waals surface area contributed by atoms with Crippen LogP contribution in [0.3, 0.4) is 0 Å². The van der Waals surface area contributed by atoms with Crippen molar-refractivity contribution in [1.82, 2.24) is 0 Å². The number of ether oxygens (including phenoxy) is 2. The number of unbranched alkanes of at least 4 members (excludes halogenated alkanes) is 1. The standard InChI is InChI=1S/C13H24O2/c1-5-6-7-13-11(3)9-14-12(13,4)10(2)8-15-13/h10-11H,5-9H2,1-4H3. The molecule has 88 valence electrons. The highest BCUT2D eigenvalue weighted by Crippen LogP contribution is 2.54. The summed E-state index contributed by atoms with van der Waals surface area (Å²) in [5.74, 6) is 1.07. The van der Waals surface area contributed by atoms with Crippen molar-refractivity contribution in [3.8, 4) is 0 Å². The molecule has 2 nitrogen and oxygen atoms in total.